The van der Waals surface area contributed by atoms with Crippen molar-refractivity contribution in [2.24, 2.45) is 0 Å². The summed E-state index contributed by atoms with van der Waals surface area (Å²) in [7, 11) is 0. The van der Waals surface area contributed by atoms with E-state index >= 15 is 0 Å². The summed E-state index contributed by atoms with van der Waals surface area (Å²) in [6.07, 6.45) is 1.64. The molecule has 6 heteroatoms. The Morgan fingerprint density at radius 1 is 0.846 bits per heavy atom. The molecule has 0 saturated heterocycles. The molecule has 6 nitrogen and oxygen atoms in total. The van der Waals surface area contributed by atoms with Crippen molar-refractivity contribution in [2.45, 2.75) is 0 Å². The van der Waals surface area contributed by atoms with Crippen molar-refractivity contribution in [1.29, 1.82) is 0 Å². The zero-order valence-corrected chi connectivity index (χ0v) is 6.30. The van der Waals surface area contributed by atoms with Gasteiger partial charge in [0, 0.05) is 12.2 Å². The zero-order valence-electron chi connectivity index (χ0n) is 6.30. The Labute approximate surface area is 72.4 Å². The second kappa shape index (κ2) is 4.70. The Morgan fingerprint density at radius 2 is 1.38 bits per heavy atom. The van der Waals surface area contributed by atoms with Gasteiger partial charge >= 0.3 is 17.9 Å². The molecular formula is C7H6O6. The van der Waals surface area contributed by atoms with Gasteiger partial charge in [-0.05, 0) is 6.08 Å². The lowest BCUT2D eigenvalue weighted by Gasteiger charge is -1.90. The van der Waals surface area contributed by atoms with Crippen molar-refractivity contribution in [3.63, 3.8) is 0 Å². The van der Waals surface area contributed by atoms with Gasteiger partial charge in [0.1, 0.15) is 0 Å². The topological polar surface area (TPSA) is 112 Å². The largest absolute Gasteiger partial charge is 0.478 e. The van der Waals surface area contributed by atoms with E-state index in [0.717, 1.165) is 0 Å². The van der Waals surface area contributed by atoms with E-state index in [0.29, 0.717) is 18.2 Å². The summed E-state index contributed by atoms with van der Waals surface area (Å²) in [5, 5.41) is 24.7. The van der Waals surface area contributed by atoms with Crippen molar-refractivity contribution in [3.05, 3.63) is 23.8 Å². The van der Waals surface area contributed by atoms with E-state index in [1.165, 1.54) is 0 Å². The fourth-order valence-corrected chi connectivity index (χ4v) is 0.475. The molecule has 13 heavy (non-hydrogen) atoms. The minimum absolute atomic E-state index is 0.405. The van der Waals surface area contributed by atoms with E-state index in [9.17, 15) is 14.4 Å². The Bertz CT molecular complexity index is 298. The molecule has 0 aliphatic rings. The van der Waals surface area contributed by atoms with Crippen LogP contribution in [0.1, 0.15) is 0 Å². The van der Waals surface area contributed by atoms with Gasteiger partial charge in [-0.15, -0.1) is 0 Å². The van der Waals surface area contributed by atoms with Gasteiger partial charge in [0.25, 0.3) is 0 Å². The minimum atomic E-state index is -1.50. The van der Waals surface area contributed by atoms with Crippen LogP contribution in [-0.4, -0.2) is 33.2 Å². The van der Waals surface area contributed by atoms with E-state index in [1.807, 2.05) is 0 Å². The lowest BCUT2D eigenvalue weighted by atomic mass is 10.2. The first-order chi connectivity index (χ1) is 5.93. The van der Waals surface area contributed by atoms with Crippen molar-refractivity contribution in [2.75, 3.05) is 0 Å². The van der Waals surface area contributed by atoms with Crippen LogP contribution >= 0.6 is 0 Å². The van der Waals surface area contributed by atoms with Crippen LogP contribution in [0.5, 0.6) is 0 Å². The second-order valence-electron chi connectivity index (χ2n) is 1.91. The molecule has 0 fully saturated rings. The third-order valence-electron chi connectivity index (χ3n) is 0.931. The van der Waals surface area contributed by atoms with Crippen LogP contribution in [0.3, 0.4) is 0 Å². The maximum Gasteiger partial charge on any atom is 0.335 e. The molecule has 3 N–H and O–H groups in total. The third-order valence-corrected chi connectivity index (χ3v) is 0.931. The molecule has 0 rings (SSSR count). The molecule has 0 aromatic rings. The van der Waals surface area contributed by atoms with Gasteiger partial charge in [-0.3, -0.25) is 0 Å². The molecule has 0 aromatic carbocycles. The summed E-state index contributed by atoms with van der Waals surface area (Å²) >= 11 is 0. The fourth-order valence-electron chi connectivity index (χ4n) is 0.475. The molecule has 0 amide bonds. The fraction of sp³-hybridized carbons (Fsp3) is 0. The summed E-state index contributed by atoms with van der Waals surface area (Å²) in [5.74, 6) is -4.30. The van der Waals surface area contributed by atoms with Crippen molar-refractivity contribution in [3.8, 4) is 0 Å². The number of carbonyl (C=O) groups is 3. The van der Waals surface area contributed by atoms with E-state index in [2.05, 4.69) is 0 Å². The highest BCUT2D eigenvalue weighted by Crippen LogP contribution is 1.96. The van der Waals surface area contributed by atoms with Gasteiger partial charge < -0.3 is 15.3 Å². The highest BCUT2D eigenvalue weighted by atomic mass is 16.4. The molecule has 0 bridgehead atoms. The van der Waals surface area contributed by atoms with Gasteiger partial charge in [-0.2, -0.15) is 0 Å². The molecule has 0 atom stereocenters. The number of rotatable bonds is 4. The molecule has 0 unspecified atom stereocenters. The Kier molecular flexibility index (Phi) is 3.94. The SMILES string of the molecule is O=C(O)C=C/C(=C\C(=O)O)C(=O)O. The van der Waals surface area contributed by atoms with Gasteiger partial charge in [0.15, 0.2) is 0 Å². The monoisotopic (exact) mass is 186 g/mol. The van der Waals surface area contributed by atoms with E-state index in [4.69, 9.17) is 15.3 Å². The first-order valence-corrected chi connectivity index (χ1v) is 3.02. The molecule has 0 spiro atoms. The molecule has 0 radical (unpaired) electrons. The average Bonchev–Trinajstić information content (AvgIpc) is 1.96. The van der Waals surface area contributed by atoms with Crippen LogP contribution in [0.2, 0.25) is 0 Å². The molecule has 0 aliphatic carbocycles. The Balaban J connectivity index is 4.74. The van der Waals surface area contributed by atoms with Crippen LogP contribution in [0.15, 0.2) is 23.8 Å². The Hall–Kier alpha value is -2.11. The molecule has 0 aliphatic heterocycles. The maximum absolute atomic E-state index is 10.3. The van der Waals surface area contributed by atoms with Crippen LogP contribution in [0.4, 0.5) is 0 Å². The lowest BCUT2D eigenvalue weighted by molar-refractivity contribution is -0.134. The summed E-state index contributed by atoms with van der Waals surface area (Å²) < 4.78 is 0. The van der Waals surface area contributed by atoms with Crippen LogP contribution in [-0.2, 0) is 14.4 Å². The number of carboxylic acids is 3. The zero-order chi connectivity index (χ0) is 10.4. The smallest absolute Gasteiger partial charge is 0.335 e. The quantitative estimate of drug-likeness (QED) is 0.411. The highest BCUT2D eigenvalue weighted by Gasteiger charge is 2.05. The third kappa shape index (κ3) is 5.19. The van der Waals surface area contributed by atoms with E-state index in [1.54, 1.807) is 0 Å². The van der Waals surface area contributed by atoms with Gasteiger partial charge in [0.05, 0.1) is 5.57 Å². The van der Waals surface area contributed by atoms with Crippen LogP contribution < -0.4 is 0 Å². The molecule has 70 valence electrons. The van der Waals surface area contributed by atoms with Crippen molar-refractivity contribution < 1.29 is 29.7 Å². The second-order valence-corrected chi connectivity index (χ2v) is 1.91. The van der Waals surface area contributed by atoms with Crippen molar-refractivity contribution in [1.82, 2.24) is 0 Å². The van der Waals surface area contributed by atoms with E-state index in [-0.39, 0.29) is 0 Å². The van der Waals surface area contributed by atoms with Crippen molar-refractivity contribution >= 4 is 17.9 Å². The van der Waals surface area contributed by atoms with Gasteiger partial charge in [-0.25, -0.2) is 14.4 Å². The summed E-state index contributed by atoms with van der Waals surface area (Å²) in [5.41, 5.74) is -0.602. The minimum Gasteiger partial charge on any atom is -0.478 e. The number of aliphatic carboxylic acids is 3. The highest BCUT2D eigenvalue weighted by molar-refractivity contribution is 5.98. The first-order valence-electron chi connectivity index (χ1n) is 3.02. The lowest BCUT2D eigenvalue weighted by Crippen LogP contribution is -2.02. The number of hydrogen-bond donors (Lipinski definition) is 3. The molecular weight excluding hydrogens is 180 g/mol. The standard InChI is InChI=1S/C7H6O6/c8-5(9)2-1-4(7(12)13)3-6(10)11/h1-3H,(H,8,9)(H,10,11)(H,12,13)/b2-1?,4-3+. The predicted octanol–water partition coefficient (Wildman–Crippen LogP) is -0.277. The summed E-state index contributed by atoms with van der Waals surface area (Å²) in [6.45, 7) is 0. The average molecular weight is 186 g/mol. The van der Waals surface area contributed by atoms with Crippen LogP contribution in [0, 0.1) is 0 Å². The normalized spacial score (nSPS) is 11.5. The van der Waals surface area contributed by atoms with Crippen LogP contribution in [0.25, 0.3) is 0 Å². The molecule has 0 aromatic heterocycles. The number of carboxylic acid groups (broad SMARTS) is 3. The van der Waals surface area contributed by atoms with Gasteiger partial charge in [-0.1, -0.05) is 0 Å². The number of hydrogen-bond acceptors (Lipinski definition) is 3. The first kappa shape index (κ1) is 10.9. The predicted molar refractivity (Wildman–Crippen MR) is 40.1 cm³/mol. The molecule has 0 saturated carbocycles. The van der Waals surface area contributed by atoms with E-state index < -0.39 is 23.5 Å². The summed E-state index contributed by atoms with van der Waals surface area (Å²) in [6, 6.07) is 0. The molecule has 0 heterocycles. The maximum atomic E-state index is 10.3. The van der Waals surface area contributed by atoms with Gasteiger partial charge in [0.2, 0.25) is 0 Å². The Morgan fingerprint density at radius 3 is 1.69 bits per heavy atom. The summed E-state index contributed by atoms with van der Waals surface area (Å²) in [4.78, 5) is 30.3.